The molecule has 2 atom stereocenters. The first-order valence-corrected chi connectivity index (χ1v) is 6.41. The van der Waals surface area contributed by atoms with E-state index in [1.165, 1.54) is 19.4 Å². The van der Waals surface area contributed by atoms with E-state index in [1.54, 1.807) is 0 Å². The fraction of sp³-hybridized carbons (Fsp3) is 0.750. The Morgan fingerprint density at radius 3 is 3.41 bits per heavy atom. The highest BCUT2D eigenvalue weighted by molar-refractivity contribution is 5.24. The zero-order chi connectivity index (χ0) is 11.7. The Morgan fingerprint density at radius 2 is 2.53 bits per heavy atom. The predicted molar refractivity (Wildman–Crippen MR) is 66.1 cm³/mol. The predicted octanol–water partition coefficient (Wildman–Crippen LogP) is 0.788. The number of ether oxygens (including phenoxy) is 1. The average Bonchev–Trinajstić information content (AvgIpc) is 2.96. The molecule has 2 aliphatic heterocycles. The summed E-state index contributed by atoms with van der Waals surface area (Å²) in [6.07, 6.45) is 6.76. The summed E-state index contributed by atoms with van der Waals surface area (Å²) in [6, 6.07) is 0.679. The van der Waals surface area contributed by atoms with E-state index in [0.717, 1.165) is 25.6 Å². The smallest absolute Gasteiger partial charge is 0.202 e. The van der Waals surface area contributed by atoms with E-state index in [4.69, 9.17) is 4.74 Å². The first-order valence-electron chi connectivity index (χ1n) is 6.41. The molecule has 0 spiro atoms. The number of hydrogen-bond acceptors (Lipinski definition) is 4. The van der Waals surface area contributed by atoms with Gasteiger partial charge in [-0.15, -0.1) is 0 Å². The third kappa shape index (κ3) is 2.17. The van der Waals surface area contributed by atoms with Crippen LogP contribution in [0.5, 0.6) is 0 Å². The number of anilines is 1. The summed E-state index contributed by atoms with van der Waals surface area (Å²) in [4.78, 5) is 6.82. The van der Waals surface area contributed by atoms with Crippen molar-refractivity contribution in [2.45, 2.75) is 31.5 Å². The summed E-state index contributed by atoms with van der Waals surface area (Å²) in [5.41, 5.74) is 0. The molecule has 0 radical (unpaired) electrons. The normalized spacial score (nSPS) is 29.2. The highest BCUT2D eigenvalue weighted by Crippen LogP contribution is 2.23. The number of rotatable bonds is 3. The number of imidazole rings is 1. The van der Waals surface area contributed by atoms with Gasteiger partial charge < -0.3 is 14.6 Å². The van der Waals surface area contributed by atoms with Gasteiger partial charge in [0.1, 0.15) is 0 Å². The molecule has 1 aromatic rings. The van der Waals surface area contributed by atoms with Crippen LogP contribution in [-0.2, 0) is 11.3 Å². The van der Waals surface area contributed by atoms with Gasteiger partial charge in [-0.1, -0.05) is 0 Å². The van der Waals surface area contributed by atoms with E-state index in [1.807, 2.05) is 19.4 Å². The maximum absolute atomic E-state index is 5.95. The molecular formula is C12H20N4O. The van der Waals surface area contributed by atoms with Crippen molar-refractivity contribution in [3.63, 3.8) is 0 Å². The van der Waals surface area contributed by atoms with Crippen LogP contribution in [0.3, 0.4) is 0 Å². The number of nitrogens with zero attached hydrogens (tertiary/aromatic N) is 3. The van der Waals surface area contributed by atoms with Crippen molar-refractivity contribution in [1.29, 1.82) is 0 Å². The van der Waals surface area contributed by atoms with Gasteiger partial charge >= 0.3 is 0 Å². The summed E-state index contributed by atoms with van der Waals surface area (Å²) >= 11 is 0. The molecule has 0 aromatic carbocycles. The largest absolute Gasteiger partial charge is 0.373 e. The van der Waals surface area contributed by atoms with Crippen LogP contribution in [0.15, 0.2) is 12.4 Å². The monoisotopic (exact) mass is 236 g/mol. The topological polar surface area (TPSA) is 42.3 Å². The van der Waals surface area contributed by atoms with E-state index in [2.05, 4.69) is 19.8 Å². The van der Waals surface area contributed by atoms with Gasteiger partial charge in [0.25, 0.3) is 0 Å². The summed E-state index contributed by atoms with van der Waals surface area (Å²) in [5.74, 6) is 0.914. The van der Waals surface area contributed by atoms with Crippen molar-refractivity contribution in [1.82, 2.24) is 14.5 Å². The van der Waals surface area contributed by atoms with Gasteiger partial charge in [0.2, 0.25) is 5.95 Å². The molecule has 0 saturated carbocycles. The Labute approximate surface area is 102 Å². The molecule has 5 nitrogen and oxygen atoms in total. The second-order valence-corrected chi connectivity index (χ2v) is 4.90. The first kappa shape index (κ1) is 11.0. The minimum absolute atomic E-state index is 0.297. The van der Waals surface area contributed by atoms with Crippen LogP contribution in [0.2, 0.25) is 0 Å². The molecule has 2 aliphatic rings. The van der Waals surface area contributed by atoms with Crippen molar-refractivity contribution >= 4 is 5.95 Å². The van der Waals surface area contributed by atoms with Crippen LogP contribution in [0.25, 0.3) is 0 Å². The standard InChI is InChI=1S/C12H20N4O/c1-13-12-14-4-6-16(12)8-11-7-15-5-2-3-10(15)9-17-11/h4,6,10-11H,2-3,5,7-9H2,1H3,(H,13,14). The molecule has 17 heavy (non-hydrogen) atoms. The van der Waals surface area contributed by atoms with E-state index in [-0.39, 0.29) is 0 Å². The van der Waals surface area contributed by atoms with Crippen LogP contribution in [0, 0.1) is 0 Å². The maximum Gasteiger partial charge on any atom is 0.202 e. The molecule has 3 rings (SSSR count). The molecule has 0 aliphatic carbocycles. The minimum atomic E-state index is 0.297. The van der Waals surface area contributed by atoms with Gasteiger partial charge in [-0.2, -0.15) is 0 Å². The zero-order valence-corrected chi connectivity index (χ0v) is 10.3. The lowest BCUT2D eigenvalue weighted by Gasteiger charge is -2.35. The van der Waals surface area contributed by atoms with Gasteiger partial charge in [0.15, 0.2) is 0 Å². The molecular weight excluding hydrogens is 216 g/mol. The molecule has 94 valence electrons. The van der Waals surface area contributed by atoms with Crippen LogP contribution >= 0.6 is 0 Å². The molecule has 0 amide bonds. The second kappa shape index (κ2) is 4.66. The Hall–Kier alpha value is -1.07. The first-order chi connectivity index (χ1) is 8.36. The Kier molecular flexibility index (Phi) is 3.03. The molecule has 1 N–H and O–H groups in total. The van der Waals surface area contributed by atoms with Crippen molar-refractivity contribution in [3.05, 3.63) is 12.4 Å². The molecule has 2 fully saturated rings. The maximum atomic E-state index is 5.95. The fourth-order valence-corrected chi connectivity index (χ4v) is 2.90. The molecule has 3 heterocycles. The lowest BCUT2D eigenvalue weighted by Crippen LogP contribution is -2.47. The van der Waals surface area contributed by atoms with Gasteiger partial charge in [-0.3, -0.25) is 4.90 Å². The second-order valence-electron chi connectivity index (χ2n) is 4.90. The molecule has 5 heteroatoms. The molecule has 2 saturated heterocycles. The highest BCUT2D eigenvalue weighted by atomic mass is 16.5. The van der Waals surface area contributed by atoms with E-state index in [0.29, 0.717) is 12.1 Å². The number of aromatic nitrogens is 2. The SMILES string of the molecule is CNc1nccn1CC1CN2CCCC2CO1. The lowest BCUT2D eigenvalue weighted by molar-refractivity contribution is -0.0549. The van der Waals surface area contributed by atoms with Gasteiger partial charge in [-0.05, 0) is 19.4 Å². The van der Waals surface area contributed by atoms with Crippen LogP contribution in [-0.4, -0.2) is 53.3 Å². The van der Waals surface area contributed by atoms with Crippen molar-refractivity contribution in [3.8, 4) is 0 Å². The third-order valence-electron chi connectivity index (χ3n) is 3.80. The van der Waals surface area contributed by atoms with Crippen molar-refractivity contribution in [2.24, 2.45) is 0 Å². The lowest BCUT2D eigenvalue weighted by atomic mass is 10.2. The number of nitrogens with one attached hydrogen (secondary N) is 1. The van der Waals surface area contributed by atoms with Crippen LogP contribution in [0.1, 0.15) is 12.8 Å². The Balaban J connectivity index is 1.62. The fourth-order valence-electron chi connectivity index (χ4n) is 2.90. The minimum Gasteiger partial charge on any atom is -0.373 e. The van der Waals surface area contributed by atoms with Crippen molar-refractivity contribution in [2.75, 3.05) is 32.1 Å². The third-order valence-corrected chi connectivity index (χ3v) is 3.80. The molecule has 0 bridgehead atoms. The van der Waals surface area contributed by atoms with Crippen LogP contribution < -0.4 is 5.32 Å². The van der Waals surface area contributed by atoms with Gasteiger partial charge in [-0.25, -0.2) is 4.98 Å². The number of hydrogen-bond donors (Lipinski definition) is 1. The van der Waals surface area contributed by atoms with Crippen molar-refractivity contribution < 1.29 is 4.74 Å². The number of morpholine rings is 1. The quantitative estimate of drug-likeness (QED) is 0.842. The average molecular weight is 236 g/mol. The Bertz CT molecular complexity index is 378. The molecule has 2 unspecified atom stereocenters. The van der Waals surface area contributed by atoms with Crippen LogP contribution in [0.4, 0.5) is 5.95 Å². The van der Waals surface area contributed by atoms with E-state index >= 15 is 0 Å². The van der Waals surface area contributed by atoms with E-state index < -0.39 is 0 Å². The van der Waals surface area contributed by atoms with E-state index in [9.17, 15) is 0 Å². The summed E-state index contributed by atoms with van der Waals surface area (Å²) in [7, 11) is 1.90. The summed E-state index contributed by atoms with van der Waals surface area (Å²) < 4.78 is 8.07. The summed E-state index contributed by atoms with van der Waals surface area (Å²) in [5, 5.41) is 3.09. The summed E-state index contributed by atoms with van der Waals surface area (Å²) in [6.45, 7) is 4.09. The zero-order valence-electron chi connectivity index (χ0n) is 10.3. The Morgan fingerprint density at radius 1 is 1.59 bits per heavy atom. The molecule has 1 aromatic heterocycles. The van der Waals surface area contributed by atoms with Gasteiger partial charge in [0, 0.05) is 32.0 Å². The highest BCUT2D eigenvalue weighted by Gasteiger charge is 2.32. The van der Waals surface area contributed by atoms with Gasteiger partial charge in [0.05, 0.1) is 19.3 Å². The number of fused-ring (bicyclic) bond motifs is 1.